The normalized spacial score (nSPS) is 13.2. The highest BCUT2D eigenvalue weighted by molar-refractivity contribution is 5.74. The zero-order valence-electron chi connectivity index (χ0n) is 24.2. The van der Waals surface area contributed by atoms with Gasteiger partial charge in [-0.2, -0.15) is 0 Å². The van der Waals surface area contributed by atoms with E-state index in [9.17, 15) is 4.79 Å². The second-order valence-electron chi connectivity index (χ2n) is 11.1. The van der Waals surface area contributed by atoms with Crippen molar-refractivity contribution in [2.75, 3.05) is 14.1 Å². The Kier molecular flexibility index (Phi) is 14.4. The Morgan fingerprint density at radius 2 is 1.35 bits per heavy atom. The summed E-state index contributed by atoms with van der Waals surface area (Å²) >= 11 is 0. The molecule has 0 heterocycles. The molecule has 206 valence electrons. The van der Waals surface area contributed by atoms with Gasteiger partial charge in [0.05, 0.1) is 14.1 Å². The fourth-order valence-electron chi connectivity index (χ4n) is 4.61. The Hall–Kier alpha value is -2.33. The number of hydrogen-bond acceptors (Lipinski definition) is 3. The SMILES string of the molecule is CCCCCCCCCCCc1ccc(OC(CCC)OC(=O)C(C)[N+](C)(C)Cc2ccccc2)cc1. The van der Waals surface area contributed by atoms with Gasteiger partial charge in [-0.3, -0.25) is 0 Å². The molecule has 2 atom stereocenters. The number of carbonyl (C=O) groups excluding carboxylic acids is 1. The average Bonchev–Trinajstić information content (AvgIpc) is 2.88. The van der Waals surface area contributed by atoms with Crippen LogP contribution in [0.2, 0.25) is 0 Å². The van der Waals surface area contributed by atoms with Crippen LogP contribution in [0, 0.1) is 0 Å². The van der Waals surface area contributed by atoms with Crippen LogP contribution in [0.25, 0.3) is 0 Å². The van der Waals surface area contributed by atoms with Gasteiger partial charge in [0.1, 0.15) is 12.3 Å². The maximum atomic E-state index is 13.1. The summed E-state index contributed by atoms with van der Waals surface area (Å²) in [4.78, 5) is 13.1. The minimum absolute atomic E-state index is 0.221. The van der Waals surface area contributed by atoms with Gasteiger partial charge in [0, 0.05) is 12.0 Å². The fourth-order valence-corrected chi connectivity index (χ4v) is 4.61. The maximum absolute atomic E-state index is 13.1. The molecule has 4 nitrogen and oxygen atoms in total. The summed E-state index contributed by atoms with van der Waals surface area (Å²) in [7, 11) is 4.14. The van der Waals surface area contributed by atoms with Crippen LogP contribution < -0.4 is 4.74 Å². The number of carbonyl (C=O) groups is 1. The number of nitrogens with zero attached hydrogens (tertiary/aromatic N) is 1. The number of rotatable bonds is 19. The lowest BCUT2D eigenvalue weighted by atomic mass is 10.0. The van der Waals surface area contributed by atoms with Crippen LogP contribution in [0.1, 0.15) is 103 Å². The van der Waals surface area contributed by atoms with E-state index < -0.39 is 6.29 Å². The van der Waals surface area contributed by atoms with E-state index in [4.69, 9.17) is 9.47 Å². The fraction of sp³-hybridized carbons (Fsp3) is 0.606. The number of aryl methyl sites for hydroxylation is 1. The second-order valence-corrected chi connectivity index (χ2v) is 11.1. The molecule has 0 saturated carbocycles. The number of benzene rings is 2. The van der Waals surface area contributed by atoms with E-state index in [-0.39, 0.29) is 12.0 Å². The summed E-state index contributed by atoms with van der Waals surface area (Å²) in [6, 6.07) is 18.3. The Labute approximate surface area is 227 Å². The largest absolute Gasteiger partial charge is 0.455 e. The smallest absolute Gasteiger partial charge is 0.367 e. The predicted molar refractivity (Wildman–Crippen MR) is 155 cm³/mol. The number of likely N-dealkylation sites (N-methyl/N-ethyl adjacent to an activating group) is 1. The lowest BCUT2D eigenvalue weighted by Crippen LogP contribution is -2.52. The quantitative estimate of drug-likeness (QED) is 0.0823. The molecule has 37 heavy (non-hydrogen) atoms. The van der Waals surface area contributed by atoms with E-state index >= 15 is 0 Å². The molecule has 2 unspecified atom stereocenters. The molecule has 0 fully saturated rings. The van der Waals surface area contributed by atoms with E-state index in [0.29, 0.717) is 10.9 Å². The van der Waals surface area contributed by atoms with Crippen LogP contribution in [0.15, 0.2) is 54.6 Å². The monoisotopic (exact) mass is 510 g/mol. The van der Waals surface area contributed by atoms with E-state index in [2.05, 4.69) is 52.2 Å². The zero-order chi connectivity index (χ0) is 26.9. The molecule has 2 rings (SSSR count). The van der Waals surface area contributed by atoms with Crippen LogP contribution in [0.4, 0.5) is 0 Å². The molecule has 0 N–H and O–H groups in total. The molecular weight excluding hydrogens is 458 g/mol. The molecule has 2 aromatic carbocycles. The van der Waals surface area contributed by atoms with Gasteiger partial charge in [-0.15, -0.1) is 0 Å². The molecule has 0 aliphatic carbocycles. The third-order valence-corrected chi connectivity index (χ3v) is 7.35. The van der Waals surface area contributed by atoms with Crippen molar-refractivity contribution in [3.8, 4) is 5.75 Å². The highest BCUT2D eigenvalue weighted by Gasteiger charge is 2.34. The van der Waals surface area contributed by atoms with E-state index in [1.54, 1.807) is 0 Å². The minimum atomic E-state index is -0.570. The number of unbranched alkanes of at least 4 members (excludes halogenated alkanes) is 8. The Bertz CT molecular complexity index is 863. The number of esters is 1. The Balaban J connectivity index is 1.78. The first-order valence-electron chi connectivity index (χ1n) is 14.7. The molecular formula is C33H52NO3+. The van der Waals surface area contributed by atoms with Crippen LogP contribution in [0.5, 0.6) is 5.75 Å². The van der Waals surface area contributed by atoms with Gasteiger partial charge in [-0.1, -0.05) is 108 Å². The standard InChI is InChI=1S/C33H52NO3/c1-6-8-9-10-11-12-13-14-16-20-29-23-25-31(26-24-29)36-32(19-7-2)37-33(35)28(3)34(4,5)27-30-21-17-15-18-22-30/h15,17-18,21-26,28,32H,6-14,16,19-20,27H2,1-5H3/q+1. The first kappa shape index (κ1) is 30.9. The molecule has 0 aliphatic rings. The lowest BCUT2D eigenvalue weighted by molar-refractivity contribution is -0.917. The van der Waals surface area contributed by atoms with Crippen molar-refractivity contribution in [1.82, 2.24) is 0 Å². The van der Waals surface area contributed by atoms with E-state index in [0.717, 1.165) is 25.1 Å². The minimum Gasteiger partial charge on any atom is -0.455 e. The molecule has 2 aromatic rings. The number of hydrogen-bond donors (Lipinski definition) is 0. The van der Waals surface area contributed by atoms with Crippen molar-refractivity contribution in [3.63, 3.8) is 0 Å². The summed E-state index contributed by atoms with van der Waals surface area (Å²) < 4.78 is 12.5. The molecule has 0 bridgehead atoms. The molecule has 0 amide bonds. The first-order chi connectivity index (χ1) is 17.9. The third-order valence-electron chi connectivity index (χ3n) is 7.35. The lowest BCUT2D eigenvalue weighted by Gasteiger charge is -2.35. The van der Waals surface area contributed by atoms with Gasteiger partial charge in [-0.25, -0.2) is 4.79 Å². The van der Waals surface area contributed by atoms with Crippen molar-refractivity contribution in [1.29, 1.82) is 0 Å². The first-order valence-corrected chi connectivity index (χ1v) is 14.7. The van der Waals surface area contributed by atoms with Crippen molar-refractivity contribution in [3.05, 3.63) is 65.7 Å². The zero-order valence-corrected chi connectivity index (χ0v) is 24.2. The van der Waals surface area contributed by atoms with Gasteiger partial charge in [-0.05, 0) is 43.9 Å². The van der Waals surface area contributed by atoms with Crippen molar-refractivity contribution in [2.45, 2.75) is 117 Å². The van der Waals surface area contributed by atoms with Gasteiger partial charge in [0.2, 0.25) is 6.29 Å². The Morgan fingerprint density at radius 3 is 1.95 bits per heavy atom. The van der Waals surface area contributed by atoms with Gasteiger partial charge in [0.15, 0.2) is 6.04 Å². The number of ether oxygens (including phenoxy) is 2. The van der Waals surface area contributed by atoms with Gasteiger partial charge < -0.3 is 14.0 Å². The summed E-state index contributed by atoms with van der Waals surface area (Å²) in [6.07, 6.45) is 14.2. The van der Waals surface area contributed by atoms with E-state index in [1.807, 2.05) is 37.3 Å². The molecule has 0 aliphatic heterocycles. The molecule has 4 heteroatoms. The van der Waals surface area contributed by atoms with Crippen LogP contribution in [-0.4, -0.2) is 36.9 Å². The van der Waals surface area contributed by atoms with Crippen LogP contribution in [-0.2, 0) is 22.5 Å². The van der Waals surface area contributed by atoms with Crippen LogP contribution >= 0.6 is 0 Å². The third kappa shape index (κ3) is 12.2. The summed E-state index contributed by atoms with van der Waals surface area (Å²) in [5.41, 5.74) is 2.55. The second kappa shape index (κ2) is 17.2. The van der Waals surface area contributed by atoms with Crippen molar-refractivity contribution >= 4 is 5.97 Å². The van der Waals surface area contributed by atoms with Gasteiger partial charge >= 0.3 is 5.97 Å². The predicted octanol–water partition coefficient (Wildman–Crippen LogP) is 8.47. The number of quaternary nitrogens is 1. The van der Waals surface area contributed by atoms with Crippen molar-refractivity contribution < 1.29 is 18.8 Å². The molecule has 0 saturated heterocycles. The molecule has 0 spiro atoms. The molecule has 0 aromatic heterocycles. The van der Waals surface area contributed by atoms with Crippen LogP contribution in [0.3, 0.4) is 0 Å². The topological polar surface area (TPSA) is 35.5 Å². The maximum Gasteiger partial charge on any atom is 0.367 e. The molecule has 0 radical (unpaired) electrons. The van der Waals surface area contributed by atoms with E-state index in [1.165, 1.54) is 68.9 Å². The highest BCUT2D eigenvalue weighted by Crippen LogP contribution is 2.21. The van der Waals surface area contributed by atoms with Crippen molar-refractivity contribution in [2.24, 2.45) is 0 Å². The average molecular weight is 511 g/mol. The summed E-state index contributed by atoms with van der Waals surface area (Å²) in [5, 5.41) is 0. The summed E-state index contributed by atoms with van der Waals surface area (Å²) in [6.45, 7) is 7.05. The highest BCUT2D eigenvalue weighted by atomic mass is 16.7. The Morgan fingerprint density at radius 1 is 0.757 bits per heavy atom. The summed E-state index contributed by atoms with van der Waals surface area (Å²) in [5.74, 6) is 0.536. The van der Waals surface area contributed by atoms with Gasteiger partial charge in [0.25, 0.3) is 0 Å².